The van der Waals surface area contributed by atoms with Gasteiger partial charge in [0.15, 0.2) is 0 Å². The first kappa shape index (κ1) is 14.2. The van der Waals surface area contributed by atoms with Crippen LogP contribution >= 0.6 is 11.3 Å². The summed E-state index contributed by atoms with van der Waals surface area (Å²) < 4.78 is 2.07. The average Bonchev–Trinajstić information content (AvgIpc) is 3.05. The molecule has 0 bridgehead atoms. The Morgan fingerprint density at radius 1 is 1.42 bits per heavy atom. The molecule has 104 valence electrons. The van der Waals surface area contributed by atoms with Gasteiger partial charge in [-0.05, 0) is 25.8 Å². The smallest absolute Gasteiger partial charge is 0.109 e. The van der Waals surface area contributed by atoms with Crippen molar-refractivity contribution in [1.29, 1.82) is 0 Å². The highest BCUT2D eigenvalue weighted by Gasteiger charge is 2.10. The van der Waals surface area contributed by atoms with Gasteiger partial charge in [-0.15, -0.1) is 11.3 Å². The van der Waals surface area contributed by atoms with Crippen LogP contribution in [0.25, 0.3) is 0 Å². The van der Waals surface area contributed by atoms with E-state index in [4.69, 9.17) is 0 Å². The SMILES string of the molecule is CCCn1nccc1CNC(C)c1ncc(CC)s1. The summed E-state index contributed by atoms with van der Waals surface area (Å²) in [5.41, 5.74) is 1.24. The number of hydrogen-bond donors (Lipinski definition) is 1. The molecule has 1 atom stereocenters. The molecule has 0 aliphatic rings. The lowest BCUT2D eigenvalue weighted by atomic mass is 10.3. The molecule has 2 aromatic rings. The number of aromatic nitrogens is 3. The maximum absolute atomic E-state index is 4.48. The molecule has 1 unspecified atom stereocenters. The predicted molar refractivity (Wildman–Crippen MR) is 79.3 cm³/mol. The second-order valence-electron chi connectivity index (χ2n) is 4.67. The zero-order valence-electron chi connectivity index (χ0n) is 11.9. The first-order valence-electron chi connectivity index (χ1n) is 6.93. The molecule has 0 saturated heterocycles. The number of nitrogens with one attached hydrogen (secondary N) is 1. The predicted octanol–water partition coefficient (Wildman–Crippen LogP) is 3.16. The molecule has 2 aromatic heterocycles. The van der Waals surface area contributed by atoms with Gasteiger partial charge >= 0.3 is 0 Å². The minimum atomic E-state index is 0.287. The summed E-state index contributed by atoms with van der Waals surface area (Å²) in [6.07, 6.45) is 6.03. The van der Waals surface area contributed by atoms with Crippen LogP contribution in [0, 0.1) is 0 Å². The fourth-order valence-electron chi connectivity index (χ4n) is 1.95. The van der Waals surface area contributed by atoms with Crippen LogP contribution in [0.4, 0.5) is 0 Å². The van der Waals surface area contributed by atoms with Crippen LogP contribution in [0.5, 0.6) is 0 Å². The lowest BCUT2D eigenvalue weighted by Gasteiger charge is -2.12. The van der Waals surface area contributed by atoms with Crippen molar-refractivity contribution in [1.82, 2.24) is 20.1 Å². The fraction of sp³-hybridized carbons (Fsp3) is 0.571. The van der Waals surface area contributed by atoms with Crippen LogP contribution in [-0.2, 0) is 19.5 Å². The average molecular weight is 278 g/mol. The van der Waals surface area contributed by atoms with E-state index in [1.54, 1.807) is 11.3 Å². The van der Waals surface area contributed by atoms with Crippen LogP contribution in [-0.4, -0.2) is 14.8 Å². The molecule has 0 aromatic carbocycles. The Morgan fingerprint density at radius 2 is 2.26 bits per heavy atom. The van der Waals surface area contributed by atoms with Crippen LogP contribution in [0.15, 0.2) is 18.5 Å². The van der Waals surface area contributed by atoms with Gasteiger partial charge in [-0.3, -0.25) is 4.68 Å². The van der Waals surface area contributed by atoms with Gasteiger partial charge in [-0.1, -0.05) is 13.8 Å². The number of hydrogen-bond acceptors (Lipinski definition) is 4. The van der Waals surface area contributed by atoms with E-state index in [0.29, 0.717) is 0 Å². The quantitative estimate of drug-likeness (QED) is 0.846. The van der Waals surface area contributed by atoms with E-state index in [9.17, 15) is 0 Å². The second kappa shape index (κ2) is 6.82. The van der Waals surface area contributed by atoms with Gasteiger partial charge < -0.3 is 5.32 Å². The standard InChI is InChI=1S/C14H22N4S/c1-4-8-18-12(6-7-17-18)9-15-11(3)14-16-10-13(5-2)19-14/h6-7,10-11,15H,4-5,8-9H2,1-3H3. The number of nitrogens with zero attached hydrogens (tertiary/aromatic N) is 3. The third kappa shape index (κ3) is 3.64. The van der Waals surface area contributed by atoms with Crippen LogP contribution in [0.1, 0.15) is 48.8 Å². The monoisotopic (exact) mass is 278 g/mol. The van der Waals surface area contributed by atoms with Crippen molar-refractivity contribution in [3.05, 3.63) is 34.0 Å². The van der Waals surface area contributed by atoms with Crippen molar-refractivity contribution < 1.29 is 0 Å². The van der Waals surface area contributed by atoms with Crippen molar-refractivity contribution in [3.63, 3.8) is 0 Å². The van der Waals surface area contributed by atoms with Crippen molar-refractivity contribution in [2.75, 3.05) is 0 Å². The van der Waals surface area contributed by atoms with Crippen LogP contribution < -0.4 is 5.32 Å². The molecule has 4 nitrogen and oxygen atoms in total. The Hall–Kier alpha value is -1.20. The molecule has 19 heavy (non-hydrogen) atoms. The van der Waals surface area contributed by atoms with E-state index in [-0.39, 0.29) is 6.04 Å². The van der Waals surface area contributed by atoms with Crippen LogP contribution in [0.3, 0.4) is 0 Å². The van der Waals surface area contributed by atoms with Gasteiger partial charge in [0.1, 0.15) is 5.01 Å². The van der Waals surface area contributed by atoms with Gasteiger partial charge in [0.05, 0.1) is 11.7 Å². The van der Waals surface area contributed by atoms with E-state index in [1.807, 2.05) is 12.4 Å². The van der Waals surface area contributed by atoms with Gasteiger partial charge in [-0.2, -0.15) is 5.10 Å². The Bertz CT molecular complexity index is 503. The summed E-state index contributed by atoms with van der Waals surface area (Å²) in [6.45, 7) is 8.32. The first-order valence-corrected chi connectivity index (χ1v) is 7.74. The molecule has 1 N–H and O–H groups in total. The minimum Gasteiger partial charge on any atom is -0.302 e. The van der Waals surface area contributed by atoms with Gasteiger partial charge in [0.25, 0.3) is 0 Å². The van der Waals surface area contributed by atoms with Crippen LogP contribution in [0.2, 0.25) is 0 Å². The van der Waals surface area contributed by atoms with E-state index in [1.165, 1.54) is 15.6 Å². The number of thiazole rings is 1. The van der Waals surface area contributed by atoms with E-state index in [2.05, 4.69) is 46.9 Å². The molecule has 0 aliphatic heterocycles. The first-order chi connectivity index (χ1) is 9.24. The largest absolute Gasteiger partial charge is 0.302 e. The summed E-state index contributed by atoms with van der Waals surface area (Å²) in [4.78, 5) is 5.83. The normalized spacial score (nSPS) is 12.8. The van der Waals surface area contributed by atoms with E-state index < -0.39 is 0 Å². The number of aryl methyl sites for hydroxylation is 2. The molecule has 2 heterocycles. The summed E-state index contributed by atoms with van der Waals surface area (Å²) in [5, 5.41) is 9.03. The van der Waals surface area contributed by atoms with Crippen molar-refractivity contribution in [2.24, 2.45) is 0 Å². The van der Waals surface area contributed by atoms with E-state index >= 15 is 0 Å². The molecule has 0 aliphatic carbocycles. The summed E-state index contributed by atoms with van der Waals surface area (Å²) >= 11 is 1.80. The lowest BCUT2D eigenvalue weighted by molar-refractivity contribution is 0.516. The maximum Gasteiger partial charge on any atom is 0.109 e. The van der Waals surface area contributed by atoms with Crippen molar-refractivity contribution in [3.8, 4) is 0 Å². The zero-order valence-corrected chi connectivity index (χ0v) is 12.7. The molecule has 0 radical (unpaired) electrons. The molecule has 2 rings (SSSR count). The molecule has 0 saturated carbocycles. The Labute approximate surface area is 118 Å². The third-order valence-electron chi connectivity index (χ3n) is 3.12. The molecule has 0 amide bonds. The molecule has 0 spiro atoms. The maximum atomic E-state index is 4.48. The molecule has 5 heteroatoms. The molecular weight excluding hydrogens is 256 g/mol. The fourth-order valence-corrected chi connectivity index (χ4v) is 2.84. The Kier molecular flexibility index (Phi) is 5.10. The van der Waals surface area contributed by atoms with Gasteiger partial charge in [-0.25, -0.2) is 4.98 Å². The van der Waals surface area contributed by atoms with Crippen molar-refractivity contribution >= 4 is 11.3 Å². The highest BCUT2D eigenvalue weighted by molar-refractivity contribution is 7.11. The molecule has 0 fully saturated rings. The zero-order chi connectivity index (χ0) is 13.7. The third-order valence-corrected chi connectivity index (χ3v) is 4.44. The Morgan fingerprint density at radius 3 is 2.95 bits per heavy atom. The van der Waals surface area contributed by atoms with Crippen molar-refractivity contribution in [2.45, 2.75) is 52.7 Å². The minimum absolute atomic E-state index is 0.287. The highest BCUT2D eigenvalue weighted by Crippen LogP contribution is 2.20. The van der Waals surface area contributed by atoms with Gasteiger partial charge in [0.2, 0.25) is 0 Å². The summed E-state index contributed by atoms with van der Waals surface area (Å²) in [5.74, 6) is 0. The summed E-state index contributed by atoms with van der Waals surface area (Å²) in [6, 6.07) is 2.37. The number of rotatable bonds is 7. The topological polar surface area (TPSA) is 42.7 Å². The summed E-state index contributed by atoms with van der Waals surface area (Å²) in [7, 11) is 0. The molecular formula is C14H22N4S. The van der Waals surface area contributed by atoms with Gasteiger partial charge in [0, 0.05) is 30.4 Å². The highest BCUT2D eigenvalue weighted by atomic mass is 32.1. The lowest BCUT2D eigenvalue weighted by Crippen LogP contribution is -2.20. The Balaban J connectivity index is 1.92. The second-order valence-corrected chi connectivity index (χ2v) is 5.81. The van der Waals surface area contributed by atoms with E-state index in [0.717, 1.165) is 25.9 Å².